The van der Waals surface area contributed by atoms with Crippen molar-refractivity contribution in [3.05, 3.63) is 76.7 Å². The molecular weight excluding hydrogens is 545 g/mol. The molecule has 1 aliphatic heterocycles. The summed E-state index contributed by atoms with van der Waals surface area (Å²) in [6.07, 6.45) is 1.93. The van der Waals surface area contributed by atoms with E-state index in [4.69, 9.17) is 5.73 Å². The molecule has 9 nitrogen and oxygen atoms in total. The van der Waals surface area contributed by atoms with E-state index < -0.39 is 17.6 Å². The van der Waals surface area contributed by atoms with Gasteiger partial charge >= 0.3 is 6.18 Å². The van der Waals surface area contributed by atoms with Crippen LogP contribution in [0.1, 0.15) is 58.9 Å². The largest absolute Gasteiger partial charge is 0.416 e. The molecule has 12 heteroatoms. The number of carbonyl (C=O) groups is 1. The molecular formula is C30H37F3N8O. The van der Waals surface area contributed by atoms with Gasteiger partial charge in [-0.3, -0.25) is 14.5 Å². The first kappa shape index (κ1) is 30.6. The minimum absolute atomic E-state index is 0.00353. The van der Waals surface area contributed by atoms with E-state index >= 15 is 0 Å². The molecule has 0 atom stereocenters. The molecule has 4 N–H and O–H groups in total. The van der Waals surface area contributed by atoms with Crippen LogP contribution < -0.4 is 21.5 Å². The van der Waals surface area contributed by atoms with Crippen LogP contribution >= 0.6 is 0 Å². The number of nitrogens with zero attached hydrogens (tertiary/aromatic N) is 5. The lowest BCUT2D eigenvalue weighted by Crippen LogP contribution is -2.33. The summed E-state index contributed by atoms with van der Waals surface area (Å²) in [7, 11) is 3.53. The molecule has 3 aromatic rings. The summed E-state index contributed by atoms with van der Waals surface area (Å²) in [6, 6.07) is 8.40. The number of carbonyl (C=O) groups excluding carboxylic acids is 1. The maximum absolute atomic E-state index is 13.8. The number of nitrogens with two attached hydrogens (primary N) is 1. The van der Waals surface area contributed by atoms with Gasteiger partial charge in [0.15, 0.2) is 0 Å². The fourth-order valence-corrected chi connectivity index (χ4v) is 4.85. The molecule has 1 saturated heterocycles. The summed E-state index contributed by atoms with van der Waals surface area (Å²) in [4.78, 5) is 19.8. The van der Waals surface area contributed by atoms with Crippen molar-refractivity contribution < 1.29 is 18.0 Å². The first-order valence-corrected chi connectivity index (χ1v) is 13.7. The van der Waals surface area contributed by atoms with Gasteiger partial charge in [-0.15, -0.1) is 0 Å². The van der Waals surface area contributed by atoms with Crippen molar-refractivity contribution in [2.75, 3.05) is 30.5 Å². The number of aryl methyl sites for hydroxylation is 2. The highest BCUT2D eigenvalue weighted by Crippen LogP contribution is 2.35. The van der Waals surface area contributed by atoms with Crippen LogP contribution in [-0.4, -0.2) is 46.6 Å². The molecule has 0 bridgehead atoms. The Balaban J connectivity index is 1.62. The number of hydrogen-bond donors (Lipinski definition) is 3. The van der Waals surface area contributed by atoms with Gasteiger partial charge in [-0.05, 0) is 75.9 Å². The number of nitrogens with one attached hydrogen (secondary N) is 2. The Morgan fingerprint density at radius 2 is 1.83 bits per heavy atom. The summed E-state index contributed by atoms with van der Waals surface area (Å²) in [5, 5.41) is 8.54. The highest BCUT2D eigenvalue weighted by atomic mass is 19.4. The van der Waals surface area contributed by atoms with Crippen molar-refractivity contribution in [1.82, 2.24) is 20.1 Å². The molecule has 1 aromatic heterocycles. The van der Waals surface area contributed by atoms with Crippen LogP contribution in [0.25, 0.3) is 5.70 Å². The molecule has 0 radical (unpaired) electrons. The van der Waals surface area contributed by atoms with Crippen LogP contribution in [0.5, 0.6) is 0 Å². The molecule has 2 aromatic carbocycles. The fraction of sp³-hybridized carbons (Fsp3) is 0.367. The number of benzene rings is 2. The molecule has 224 valence electrons. The number of piperidine rings is 1. The highest BCUT2D eigenvalue weighted by Gasteiger charge is 2.31. The number of amides is 1. The van der Waals surface area contributed by atoms with E-state index in [-0.39, 0.29) is 16.9 Å². The summed E-state index contributed by atoms with van der Waals surface area (Å²) in [6.45, 7) is 7.22. The number of hydrogen-bond acceptors (Lipinski definition) is 6. The highest BCUT2D eigenvalue weighted by molar-refractivity contribution is 6.05. The minimum Gasteiger partial charge on any atom is -0.397 e. The van der Waals surface area contributed by atoms with E-state index in [1.807, 2.05) is 20.9 Å². The zero-order valence-corrected chi connectivity index (χ0v) is 24.5. The third kappa shape index (κ3) is 7.11. The van der Waals surface area contributed by atoms with Crippen LogP contribution in [0, 0.1) is 13.8 Å². The third-order valence-electron chi connectivity index (χ3n) is 7.39. The number of amidine groups is 1. The maximum atomic E-state index is 13.8. The number of halogens is 3. The van der Waals surface area contributed by atoms with Crippen molar-refractivity contribution >= 4 is 34.5 Å². The van der Waals surface area contributed by atoms with Gasteiger partial charge in [-0.25, -0.2) is 10.4 Å². The van der Waals surface area contributed by atoms with Gasteiger partial charge in [0.2, 0.25) is 0 Å². The second-order valence-electron chi connectivity index (χ2n) is 10.4. The summed E-state index contributed by atoms with van der Waals surface area (Å²) < 4.78 is 43.0. The van der Waals surface area contributed by atoms with E-state index in [0.29, 0.717) is 17.2 Å². The van der Waals surface area contributed by atoms with Gasteiger partial charge in [0.25, 0.3) is 5.91 Å². The van der Waals surface area contributed by atoms with Gasteiger partial charge in [-0.2, -0.15) is 18.3 Å². The summed E-state index contributed by atoms with van der Waals surface area (Å²) >= 11 is 0. The van der Waals surface area contributed by atoms with Crippen molar-refractivity contribution in [2.24, 2.45) is 17.8 Å². The van der Waals surface area contributed by atoms with E-state index in [0.717, 1.165) is 61.3 Å². The molecule has 1 aliphatic rings. The summed E-state index contributed by atoms with van der Waals surface area (Å²) in [5.74, 6) is 0.0878. The van der Waals surface area contributed by atoms with Crippen LogP contribution in [-0.2, 0) is 13.2 Å². The molecule has 0 saturated carbocycles. The molecule has 1 fully saturated rings. The predicted octanol–water partition coefficient (Wildman–Crippen LogP) is 5.74. The molecule has 4 rings (SSSR count). The second kappa shape index (κ2) is 12.7. The molecule has 1 amide bonds. The Morgan fingerprint density at radius 3 is 2.45 bits per heavy atom. The van der Waals surface area contributed by atoms with Gasteiger partial charge in [-0.1, -0.05) is 6.07 Å². The van der Waals surface area contributed by atoms with Gasteiger partial charge in [0.1, 0.15) is 5.84 Å². The average molecular weight is 583 g/mol. The molecule has 2 heterocycles. The molecule has 0 aliphatic carbocycles. The monoisotopic (exact) mass is 582 g/mol. The number of aromatic nitrogens is 2. The zero-order chi connectivity index (χ0) is 30.6. The van der Waals surface area contributed by atoms with Crippen molar-refractivity contribution in [3.8, 4) is 0 Å². The van der Waals surface area contributed by atoms with Crippen LogP contribution in [0.4, 0.5) is 30.2 Å². The van der Waals surface area contributed by atoms with Crippen LogP contribution in [0.2, 0.25) is 0 Å². The summed E-state index contributed by atoms with van der Waals surface area (Å²) in [5.41, 5.74) is 12.5. The topological polar surface area (TPSA) is 104 Å². The standard InChI is InChI=1S/C30H37F3N8O/c1-19-9-10-22(13-28(19)41(35-4)18-27(34)26-17-36-39(5)20(26)2)29(42)38-25-15-23(30(31,32)33)14-24(16-25)37-21(3)40-11-7-6-8-12-40/h9-10,13-18,35H,6-8,11-12,34H2,1-5H3,(H,38,42)/b27-18-,37-21?. The number of hydrazine groups is 1. The number of aliphatic imine (C=N–C) groups is 1. The van der Waals surface area contributed by atoms with Crippen LogP contribution in [0.3, 0.4) is 0 Å². The number of likely N-dealkylation sites (tertiary alicyclic amines) is 1. The van der Waals surface area contributed by atoms with E-state index in [1.165, 1.54) is 6.07 Å². The Morgan fingerprint density at radius 1 is 1.12 bits per heavy atom. The second-order valence-corrected chi connectivity index (χ2v) is 10.4. The normalized spacial score (nSPS) is 14.7. The minimum atomic E-state index is -4.60. The number of alkyl halides is 3. The van der Waals surface area contributed by atoms with E-state index in [9.17, 15) is 18.0 Å². The Kier molecular flexibility index (Phi) is 9.25. The van der Waals surface area contributed by atoms with Gasteiger partial charge in [0.05, 0.1) is 28.8 Å². The smallest absolute Gasteiger partial charge is 0.397 e. The average Bonchev–Trinajstić information content (AvgIpc) is 3.29. The van der Waals surface area contributed by atoms with Gasteiger partial charge < -0.3 is 16.0 Å². The van der Waals surface area contributed by atoms with E-state index in [1.54, 1.807) is 54.3 Å². The van der Waals surface area contributed by atoms with Crippen molar-refractivity contribution in [3.63, 3.8) is 0 Å². The number of anilines is 2. The lowest BCUT2D eigenvalue weighted by molar-refractivity contribution is -0.137. The first-order chi connectivity index (χ1) is 19.9. The van der Waals surface area contributed by atoms with Crippen LogP contribution in [0.15, 0.2) is 53.8 Å². The van der Waals surface area contributed by atoms with Crippen molar-refractivity contribution in [2.45, 2.75) is 46.2 Å². The lowest BCUT2D eigenvalue weighted by atomic mass is 10.1. The zero-order valence-electron chi connectivity index (χ0n) is 24.5. The van der Waals surface area contributed by atoms with E-state index in [2.05, 4.69) is 25.7 Å². The quantitative estimate of drug-likeness (QED) is 0.186. The first-order valence-electron chi connectivity index (χ1n) is 13.7. The Bertz CT molecular complexity index is 1500. The fourth-order valence-electron chi connectivity index (χ4n) is 4.85. The predicted molar refractivity (Wildman–Crippen MR) is 160 cm³/mol. The SMILES string of the molecule is CNN(/C=C(\N)c1cnn(C)c1C)c1cc(C(=O)Nc2cc(N=C(C)N3CCCCC3)cc(C(F)(F)F)c2)ccc1C. The Hall–Kier alpha value is -4.32. The third-order valence-corrected chi connectivity index (χ3v) is 7.39. The molecule has 42 heavy (non-hydrogen) atoms. The lowest BCUT2D eigenvalue weighted by Gasteiger charge is -2.28. The number of rotatable bonds is 7. The Labute approximate surface area is 243 Å². The molecule has 0 unspecified atom stereocenters. The van der Waals surface area contributed by atoms with Crippen molar-refractivity contribution in [1.29, 1.82) is 0 Å². The maximum Gasteiger partial charge on any atom is 0.416 e. The molecule has 0 spiro atoms. The van der Waals surface area contributed by atoms with Gasteiger partial charge in [0, 0.05) is 55.9 Å².